The lowest BCUT2D eigenvalue weighted by molar-refractivity contribution is -0.115. The minimum atomic E-state index is -0.287. The first-order valence-electron chi connectivity index (χ1n) is 5.89. The van der Waals surface area contributed by atoms with Crippen LogP contribution in [0.25, 0.3) is 0 Å². The number of rotatable bonds is 5. The van der Waals surface area contributed by atoms with Gasteiger partial charge in [-0.2, -0.15) is 0 Å². The van der Waals surface area contributed by atoms with Crippen LogP contribution in [0.5, 0.6) is 0 Å². The predicted octanol–water partition coefficient (Wildman–Crippen LogP) is 3.61. The van der Waals surface area contributed by atoms with Crippen molar-refractivity contribution in [3.8, 4) is 0 Å². The van der Waals surface area contributed by atoms with Gasteiger partial charge in [0.15, 0.2) is 8.68 Å². The van der Waals surface area contributed by atoms with E-state index in [1.54, 1.807) is 18.2 Å². The van der Waals surface area contributed by atoms with Crippen LogP contribution in [0.15, 0.2) is 26.9 Å². The summed E-state index contributed by atoms with van der Waals surface area (Å²) in [4.78, 5) is 12.1. The molecule has 1 heterocycles. The quantitative estimate of drug-likeness (QED) is 0.626. The smallest absolute Gasteiger partial charge is 0.237 e. The molecule has 0 saturated heterocycles. The fourth-order valence-corrected chi connectivity index (χ4v) is 4.10. The summed E-state index contributed by atoms with van der Waals surface area (Å²) in [5.41, 5.74) is 6.76. The van der Waals surface area contributed by atoms with Gasteiger partial charge in [-0.3, -0.25) is 4.79 Å². The number of nitrogens with one attached hydrogen (secondary N) is 1. The van der Waals surface area contributed by atoms with Gasteiger partial charge in [-0.05, 0) is 31.4 Å². The number of carbonyl (C=O) groups excluding carboxylic acids is 1. The number of nitrogen functional groups attached to an aromatic ring is 1. The van der Waals surface area contributed by atoms with E-state index in [2.05, 4.69) is 15.5 Å². The second-order valence-electron chi connectivity index (χ2n) is 4.02. The molecule has 0 aliphatic rings. The summed E-state index contributed by atoms with van der Waals surface area (Å²) in [6, 6.07) is 5.00. The van der Waals surface area contributed by atoms with Crippen molar-refractivity contribution in [3.63, 3.8) is 0 Å². The molecule has 1 aromatic heterocycles. The fraction of sp³-hybridized carbons (Fsp3) is 0.250. The highest BCUT2D eigenvalue weighted by Gasteiger charge is 2.17. The minimum Gasteiger partial charge on any atom is -0.397 e. The van der Waals surface area contributed by atoms with E-state index in [1.165, 1.54) is 34.9 Å². The van der Waals surface area contributed by atoms with Gasteiger partial charge < -0.3 is 11.1 Å². The van der Waals surface area contributed by atoms with Crippen LogP contribution in [-0.4, -0.2) is 27.6 Å². The lowest BCUT2D eigenvalue weighted by Crippen LogP contribution is -2.22. The van der Waals surface area contributed by atoms with Gasteiger partial charge in [-0.15, -0.1) is 10.2 Å². The molecule has 9 heteroatoms. The van der Waals surface area contributed by atoms with Gasteiger partial charge in [0.25, 0.3) is 0 Å². The van der Waals surface area contributed by atoms with Crippen molar-refractivity contribution in [3.05, 3.63) is 23.2 Å². The first-order valence-corrected chi connectivity index (χ1v) is 9.19. The minimum absolute atomic E-state index is 0.123. The molecule has 1 unspecified atom stereocenters. The Morgan fingerprint density at radius 1 is 1.43 bits per heavy atom. The zero-order chi connectivity index (χ0) is 15.4. The number of aromatic nitrogens is 2. The van der Waals surface area contributed by atoms with Crippen molar-refractivity contribution in [2.75, 3.05) is 17.3 Å². The molecule has 0 bridgehead atoms. The van der Waals surface area contributed by atoms with Crippen molar-refractivity contribution in [1.29, 1.82) is 0 Å². The van der Waals surface area contributed by atoms with Crippen LogP contribution in [0, 0.1) is 0 Å². The largest absolute Gasteiger partial charge is 0.397 e. The highest BCUT2D eigenvalue weighted by molar-refractivity contribution is 8.03. The van der Waals surface area contributed by atoms with Crippen LogP contribution in [-0.2, 0) is 4.79 Å². The van der Waals surface area contributed by atoms with Gasteiger partial charge >= 0.3 is 0 Å². The lowest BCUT2D eigenvalue weighted by atomic mass is 10.2. The summed E-state index contributed by atoms with van der Waals surface area (Å²) >= 11 is 10.2. The van der Waals surface area contributed by atoms with E-state index in [1.807, 2.05) is 13.2 Å². The number of benzene rings is 1. The van der Waals surface area contributed by atoms with E-state index < -0.39 is 0 Å². The first-order chi connectivity index (χ1) is 9.99. The van der Waals surface area contributed by atoms with Crippen LogP contribution in [0.3, 0.4) is 0 Å². The zero-order valence-electron chi connectivity index (χ0n) is 11.3. The van der Waals surface area contributed by atoms with Crippen molar-refractivity contribution < 1.29 is 4.79 Å². The van der Waals surface area contributed by atoms with Gasteiger partial charge in [-0.25, -0.2) is 0 Å². The number of nitrogens with zero attached hydrogens (tertiary/aromatic N) is 2. The Balaban J connectivity index is 1.97. The van der Waals surface area contributed by atoms with E-state index in [0.717, 1.165) is 8.68 Å². The van der Waals surface area contributed by atoms with Gasteiger partial charge in [0.2, 0.25) is 5.91 Å². The Morgan fingerprint density at radius 2 is 2.14 bits per heavy atom. The first kappa shape index (κ1) is 16.4. The topological polar surface area (TPSA) is 80.9 Å². The summed E-state index contributed by atoms with van der Waals surface area (Å²) in [5, 5.41) is 11.0. The molecule has 0 fully saturated rings. The number of thioether (sulfide) groups is 2. The van der Waals surface area contributed by atoms with Gasteiger partial charge in [-0.1, -0.05) is 46.5 Å². The molecule has 0 aliphatic heterocycles. The number of anilines is 2. The normalized spacial score (nSPS) is 12.1. The third-order valence-electron chi connectivity index (χ3n) is 2.47. The molecule has 2 aromatic rings. The molecular weight excluding hydrogens is 348 g/mol. The summed E-state index contributed by atoms with van der Waals surface area (Å²) in [5.74, 6) is -0.123. The number of amides is 1. The molecule has 0 spiro atoms. The summed E-state index contributed by atoms with van der Waals surface area (Å²) < 4.78 is 1.66. The summed E-state index contributed by atoms with van der Waals surface area (Å²) in [7, 11) is 0. The monoisotopic (exact) mass is 360 g/mol. The maximum absolute atomic E-state index is 12.1. The maximum atomic E-state index is 12.1. The molecule has 0 saturated carbocycles. The Kier molecular flexibility index (Phi) is 5.74. The Bertz CT molecular complexity index is 649. The van der Waals surface area contributed by atoms with Crippen LogP contribution in [0.4, 0.5) is 11.4 Å². The van der Waals surface area contributed by atoms with E-state index >= 15 is 0 Å². The Morgan fingerprint density at radius 3 is 2.76 bits per heavy atom. The van der Waals surface area contributed by atoms with E-state index in [-0.39, 0.29) is 11.2 Å². The molecule has 1 amide bonds. The second-order valence-corrected chi connectivity index (χ2v) is 8.05. The zero-order valence-corrected chi connectivity index (χ0v) is 14.5. The average molecular weight is 361 g/mol. The summed E-state index contributed by atoms with van der Waals surface area (Å²) in [6.07, 6.45) is 1.94. The molecule has 0 aliphatic carbocycles. The number of carbonyl (C=O) groups is 1. The number of nitrogens with two attached hydrogens (primary N) is 1. The van der Waals surface area contributed by atoms with E-state index in [9.17, 15) is 4.79 Å². The number of hydrogen-bond donors (Lipinski definition) is 2. The molecule has 3 N–H and O–H groups in total. The summed E-state index contributed by atoms with van der Waals surface area (Å²) in [6.45, 7) is 1.82. The van der Waals surface area contributed by atoms with Gasteiger partial charge in [0, 0.05) is 5.69 Å². The van der Waals surface area contributed by atoms with Crippen molar-refractivity contribution >= 4 is 63.7 Å². The highest BCUT2D eigenvalue weighted by Crippen LogP contribution is 2.30. The number of hydrogen-bond acceptors (Lipinski definition) is 7. The van der Waals surface area contributed by atoms with Gasteiger partial charge in [0.05, 0.1) is 16.0 Å². The van der Waals surface area contributed by atoms with Crippen LogP contribution in [0.2, 0.25) is 5.02 Å². The molecule has 2 rings (SSSR count). The Hall–Kier alpha value is -0.960. The third kappa shape index (κ3) is 4.50. The third-order valence-corrected chi connectivity index (χ3v) is 5.90. The SMILES string of the molecule is CSc1nnc(SC(C)C(=O)Nc2ccc(Cl)c(N)c2)s1. The van der Waals surface area contributed by atoms with Crippen LogP contribution < -0.4 is 11.1 Å². The average Bonchev–Trinajstić information content (AvgIpc) is 2.90. The predicted molar refractivity (Wildman–Crippen MR) is 91.5 cm³/mol. The highest BCUT2D eigenvalue weighted by atomic mass is 35.5. The molecule has 1 atom stereocenters. The Labute approximate surface area is 140 Å². The van der Waals surface area contributed by atoms with Crippen molar-refractivity contribution in [2.24, 2.45) is 0 Å². The van der Waals surface area contributed by atoms with E-state index in [0.29, 0.717) is 16.4 Å². The van der Waals surface area contributed by atoms with Crippen LogP contribution >= 0.6 is 46.5 Å². The molecule has 21 heavy (non-hydrogen) atoms. The van der Waals surface area contributed by atoms with E-state index in [4.69, 9.17) is 17.3 Å². The van der Waals surface area contributed by atoms with Crippen LogP contribution in [0.1, 0.15) is 6.92 Å². The lowest BCUT2D eigenvalue weighted by Gasteiger charge is -2.11. The second kappa shape index (κ2) is 7.35. The molecule has 112 valence electrons. The van der Waals surface area contributed by atoms with Gasteiger partial charge in [0.1, 0.15) is 0 Å². The van der Waals surface area contributed by atoms with Crippen molar-refractivity contribution in [2.45, 2.75) is 20.9 Å². The molecule has 0 radical (unpaired) electrons. The maximum Gasteiger partial charge on any atom is 0.237 e. The number of halogens is 1. The standard InChI is InChI=1S/C12H13ClN4OS3/c1-6(20-12-17-16-11(19-2)21-12)10(18)15-7-3-4-8(13)9(14)5-7/h3-6H,14H2,1-2H3,(H,15,18). The molecule has 1 aromatic carbocycles. The molecule has 5 nitrogen and oxygen atoms in total. The molecular formula is C12H13ClN4OS3. The fourth-order valence-electron chi connectivity index (χ4n) is 1.40. The van der Waals surface area contributed by atoms with Crippen molar-refractivity contribution in [1.82, 2.24) is 10.2 Å².